The van der Waals surface area contributed by atoms with Crippen molar-refractivity contribution in [1.29, 1.82) is 0 Å². The van der Waals surface area contributed by atoms with Crippen LogP contribution in [0.3, 0.4) is 0 Å². The maximum Gasteiger partial charge on any atom is 0.331 e. The first-order chi connectivity index (χ1) is 17.4. The number of carbonyl (C=O) groups excluding carboxylic acids is 4. The molecule has 10 heteroatoms. The van der Waals surface area contributed by atoms with E-state index >= 15 is 0 Å². The van der Waals surface area contributed by atoms with Crippen LogP contribution in [-0.2, 0) is 14.4 Å². The van der Waals surface area contributed by atoms with Gasteiger partial charge in [0, 0.05) is 16.2 Å². The Labute approximate surface area is 216 Å². The number of anilines is 1. The molecule has 0 radical (unpaired) electrons. The summed E-state index contributed by atoms with van der Waals surface area (Å²) < 4.78 is 11.6. The van der Waals surface area contributed by atoms with Crippen molar-refractivity contribution < 1.29 is 28.7 Å². The Morgan fingerprint density at radius 1 is 1.11 bits per heavy atom. The van der Waals surface area contributed by atoms with Crippen molar-refractivity contribution in [1.82, 2.24) is 10.2 Å². The summed E-state index contributed by atoms with van der Waals surface area (Å²) in [6, 6.07) is 11.3. The first-order valence-electron chi connectivity index (χ1n) is 11.6. The maximum atomic E-state index is 13.2. The summed E-state index contributed by atoms with van der Waals surface area (Å²) in [5.41, 5.74) is 0.987. The van der Waals surface area contributed by atoms with Crippen LogP contribution in [0.2, 0.25) is 0 Å². The topological polar surface area (TPSA) is 114 Å². The van der Waals surface area contributed by atoms with Crippen molar-refractivity contribution in [3.8, 4) is 11.5 Å². The Morgan fingerprint density at radius 3 is 2.53 bits per heavy atom. The van der Waals surface area contributed by atoms with Crippen LogP contribution in [0.5, 0.6) is 11.5 Å². The molecule has 1 aliphatic carbocycles. The zero-order valence-electron chi connectivity index (χ0n) is 19.7. The van der Waals surface area contributed by atoms with Crippen LogP contribution in [0.4, 0.5) is 10.5 Å². The lowest BCUT2D eigenvalue weighted by Crippen LogP contribution is -2.58. The van der Waals surface area contributed by atoms with Gasteiger partial charge in [0.25, 0.3) is 17.7 Å². The smallest absolute Gasteiger partial charge is 0.331 e. The Bertz CT molecular complexity index is 1210. The molecule has 4 rings (SSSR count). The number of halogens is 1. The van der Waals surface area contributed by atoms with E-state index < -0.39 is 17.8 Å². The lowest BCUT2D eigenvalue weighted by Gasteiger charge is -2.35. The predicted molar refractivity (Wildman–Crippen MR) is 136 cm³/mol. The van der Waals surface area contributed by atoms with Gasteiger partial charge in [0.05, 0.1) is 7.11 Å². The Hall–Kier alpha value is -3.66. The largest absolute Gasteiger partial charge is 0.493 e. The maximum absolute atomic E-state index is 13.2. The molecule has 5 amide bonds. The number of benzene rings is 2. The van der Waals surface area contributed by atoms with Crippen LogP contribution in [0.1, 0.15) is 37.7 Å². The minimum absolute atomic E-state index is 0.140. The van der Waals surface area contributed by atoms with Gasteiger partial charge in [-0.25, -0.2) is 4.79 Å². The van der Waals surface area contributed by atoms with Gasteiger partial charge in [-0.1, -0.05) is 53.4 Å². The first kappa shape index (κ1) is 25.4. The molecule has 0 atom stereocenters. The summed E-state index contributed by atoms with van der Waals surface area (Å²) in [6.07, 6.45) is 5.80. The lowest BCUT2D eigenvalue weighted by molar-refractivity contribution is -0.132. The highest BCUT2D eigenvalue weighted by Crippen LogP contribution is 2.35. The quantitative estimate of drug-likeness (QED) is 0.389. The number of hydrogen-bond donors (Lipinski definition) is 2. The molecule has 36 heavy (non-hydrogen) atoms. The molecular formula is C26H26BrN3O6. The highest BCUT2D eigenvalue weighted by atomic mass is 79.9. The number of rotatable bonds is 7. The summed E-state index contributed by atoms with van der Waals surface area (Å²) in [4.78, 5) is 51.6. The summed E-state index contributed by atoms with van der Waals surface area (Å²) in [7, 11) is 1.44. The minimum Gasteiger partial charge on any atom is -0.493 e. The van der Waals surface area contributed by atoms with Crippen molar-refractivity contribution >= 4 is 51.4 Å². The highest BCUT2D eigenvalue weighted by molar-refractivity contribution is 9.10. The second-order valence-electron chi connectivity index (χ2n) is 8.51. The third-order valence-electron chi connectivity index (χ3n) is 6.07. The van der Waals surface area contributed by atoms with Crippen LogP contribution in [0, 0.1) is 0 Å². The standard InChI is InChI=1S/C26H26BrN3O6/c1-35-21-13-16(20(27)14-22(21)36-15-23(31)28-17-8-4-2-5-9-17)12-19-24(32)29-26(34)30(25(19)33)18-10-6-3-7-11-18/h2,4-5,8-9,12-14,18H,3,6-7,10-11,15H2,1H3,(H,28,31)(H,29,32,34). The van der Waals surface area contributed by atoms with Crippen molar-refractivity contribution in [2.45, 2.75) is 38.1 Å². The fourth-order valence-electron chi connectivity index (χ4n) is 4.29. The normalized spacial score (nSPS) is 17.7. The van der Waals surface area contributed by atoms with E-state index in [-0.39, 0.29) is 24.1 Å². The van der Waals surface area contributed by atoms with E-state index in [4.69, 9.17) is 9.47 Å². The highest BCUT2D eigenvalue weighted by Gasteiger charge is 2.40. The molecule has 2 aromatic carbocycles. The molecule has 2 aliphatic rings. The van der Waals surface area contributed by atoms with Gasteiger partial charge >= 0.3 is 6.03 Å². The number of urea groups is 1. The van der Waals surface area contributed by atoms with Gasteiger partial charge in [-0.2, -0.15) is 0 Å². The number of imide groups is 2. The number of methoxy groups -OCH3 is 1. The average molecular weight is 556 g/mol. The lowest BCUT2D eigenvalue weighted by atomic mass is 9.93. The number of hydrogen-bond acceptors (Lipinski definition) is 6. The van der Waals surface area contributed by atoms with Gasteiger partial charge in [-0.3, -0.25) is 24.6 Å². The number of barbiturate groups is 1. The van der Waals surface area contributed by atoms with Gasteiger partial charge in [0.1, 0.15) is 5.57 Å². The van der Waals surface area contributed by atoms with Gasteiger partial charge < -0.3 is 14.8 Å². The first-order valence-corrected chi connectivity index (χ1v) is 12.4. The third-order valence-corrected chi connectivity index (χ3v) is 6.76. The van der Waals surface area contributed by atoms with Crippen molar-refractivity contribution in [2.24, 2.45) is 0 Å². The molecule has 0 bridgehead atoms. The average Bonchev–Trinajstić information content (AvgIpc) is 2.87. The van der Waals surface area contributed by atoms with Gasteiger partial charge in [-0.05, 0) is 48.7 Å². The van der Waals surface area contributed by atoms with Crippen LogP contribution >= 0.6 is 15.9 Å². The number of ether oxygens (including phenoxy) is 2. The molecule has 1 aliphatic heterocycles. The molecule has 2 aromatic rings. The third kappa shape index (κ3) is 5.76. The number of carbonyl (C=O) groups is 4. The second-order valence-corrected chi connectivity index (χ2v) is 9.37. The van der Waals surface area contributed by atoms with Gasteiger partial charge in [0.2, 0.25) is 0 Å². The van der Waals surface area contributed by atoms with E-state index in [9.17, 15) is 19.2 Å². The van der Waals surface area contributed by atoms with E-state index in [0.717, 1.165) is 32.1 Å². The second kappa shape index (κ2) is 11.4. The van der Waals surface area contributed by atoms with Crippen molar-refractivity contribution in [3.63, 3.8) is 0 Å². The summed E-state index contributed by atoms with van der Waals surface area (Å²) in [5.74, 6) is -1.10. The predicted octanol–water partition coefficient (Wildman–Crippen LogP) is 4.27. The SMILES string of the molecule is COc1cc(C=C2C(=O)NC(=O)N(C3CCCCC3)C2=O)c(Br)cc1OCC(=O)Nc1ccccc1. The molecule has 1 saturated heterocycles. The molecule has 0 spiro atoms. The Morgan fingerprint density at radius 2 is 1.83 bits per heavy atom. The molecule has 1 saturated carbocycles. The fourth-order valence-corrected chi connectivity index (χ4v) is 4.73. The Balaban J connectivity index is 1.53. The van der Waals surface area contributed by atoms with E-state index in [0.29, 0.717) is 27.2 Å². The molecular weight excluding hydrogens is 530 g/mol. The fraction of sp³-hybridized carbons (Fsp3) is 0.308. The van der Waals surface area contributed by atoms with Crippen LogP contribution < -0.4 is 20.1 Å². The molecule has 0 unspecified atom stereocenters. The van der Waals surface area contributed by atoms with Crippen LogP contribution in [-0.4, -0.2) is 48.4 Å². The zero-order chi connectivity index (χ0) is 25.7. The number of para-hydroxylation sites is 1. The molecule has 1 heterocycles. The molecule has 9 nitrogen and oxygen atoms in total. The molecule has 0 aromatic heterocycles. The Kier molecular flexibility index (Phi) is 8.04. The summed E-state index contributed by atoms with van der Waals surface area (Å²) in [5, 5.41) is 5.02. The molecule has 2 fully saturated rings. The number of nitrogens with zero attached hydrogens (tertiary/aromatic N) is 1. The van der Waals surface area contributed by atoms with Gasteiger partial charge in [-0.15, -0.1) is 0 Å². The van der Waals surface area contributed by atoms with E-state index in [1.807, 2.05) is 18.2 Å². The van der Waals surface area contributed by atoms with Gasteiger partial charge in [0.15, 0.2) is 18.1 Å². The number of amides is 5. The van der Waals surface area contributed by atoms with Crippen molar-refractivity contribution in [3.05, 3.63) is 58.1 Å². The van der Waals surface area contributed by atoms with E-state index in [1.165, 1.54) is 18.1 Å². The van der Waals surface area contributed by atoms with Crippen LogP contribution in [0.25, 0.3) is 6.08 Å². The van der Waals surface area contributed by atoms with Crippen molar-refractivity contribution in [2.75, 3.05) is 19.0 Å². The molecule has 2 N–H and O–H groups in total. The molecule has 188 valence electrons. The minimum atomic E-state index is -0.749. The van der Waals surface area contributed by atoms with E-state index in [1.54, 1.807) is 24.3 Å². The summed E-state index contributed by atoms with van der Waals surface area (Å²) in [6.45, 7) is -0.252. The monoisotopic (exact) mass is 555 g/mol. The van der Waals surface area contributed by atoms with E-state index in [2.05, 4.69) is 26.6 Å². The van der Waals surface area contributed by atoms with Crippen LogP contribution in [0.15, 0.2) is 52.5 Å². The number of nitrogens with one attached hydrogen (secondary N) is 2. The zero-order valence-corrected chi connectivity index (χ0v) is 21.3. The summed E-state index contributed by atoms with van der Waals surface area (Å²) >= 11 is 3.44.